The summed E-state index contributed by atoms with van der Waals surface area (Å²) in [7, 11) is 1.67. The van der Waals surface area contributed by atoms with Gasteiger partial charge in [0, 0.05) is 5.39 Å². The predicted molar refractivity (Wildman–Crippen MR) is 71.3 cm³/mol. The van der Waals surface area contributed by atoms with Gasteiger partial charge in [0.15, 0.2) is 0 Å². The molecule has 1 fully saturated rings. The second kappa shape index (κ2) is 3.00. The average Bonchev–Trinajstić information content (AvgIpc) is 2.96. The highest BCUT2D eigenvalue weighted by Gasteiger charge is 2.56. The molecule has 2 aliphatic carbocycles. The Bertz CT molecular complexity index is 674. The highest BCUT2D eigenvalue weighted by molar-refractivity contribution is 5.92. The van der Waals surface area contributed by atoms with E-state index in [-0.39, 0.29) is 0 Å². The third-order valence-corrected chi connectivity index (χ3v) is 4.77. The Morgan fingerprint density at radius 3 is 2.94 bits per heavy atom. The Hall–Kier alpha value is -1.70. The van der Waals surface area contributed by atoms with Crippen molar-refractivity contribution in [2.24, 2.45) is 5.41 Å². The lowest BCUT2D eigenvalue weighted by Crippen LogP contribution is -1.95. The van der Waals surface area contributed by atoms with Gasteiger partial charge in [-0.15, -0.1) is 0 Å². The SMILES string of the molecule is COc1ccc2c(O)c3c(cc2c1)[C@@H]1C[C@]1(C)C3. The minimum atomic E-state index is 0.418. The van der Waals surface area contributed by atoms with Crippen LogP contribution in [0.15, 0.2) is 24.3 Å². The summed E-state index contributed by atoms with van der Waals surface area (Å²) in [5, 5.41) is 12.5. The summed E-state index contributed by atoms with van der Waals surface area (Å²) < 4.78 is 5.26. The van der Waals surface area contributed by atoms with E-state index in [9.17, 15) is 5.11 Å². The average molecular weight is 240 g/mol. The number of phenolic OH excluding ortho intramolecular Hbond substituents is 1. The van der Waals surface area contributed by atoms with Gasteiger partial charge < -0.3 is 9.84 Å². The maximum absolute atomic E-state index is 10.4. The van der Waals surface area contributed by atoms with E-state index in [0.29, 0.717) is 17.1 Å². The molecule has 0 aliphatic heterocycles. The normalized spacial score (nSPS) is 28.0. The number of aromatic hydroxyl groups is 1. The lowest BCUT2D eigenvalue weighted by atomic mass is 9.97. The summed E-state index contributed by atoms with van der Waals surface area (Å²) in [5.74, 6) is 1.99. The fourth-order valence-corrected chi connectivity index (χ4v) is 3.55. The second-order valence-electron chi connectivity index (χ2n) is 5.97. The standard InChI is InChI=1S/C16H16O2/c1-16-7-13-12(14(16)8-16)6-9-5-10(18-2)3-4-11(9)15(13)17/h3-6,14,17H,7-8H2,1-2H3/t14-,16-/m0/s1. The zero-order valence-electron chi connectivity index (χ0n) is 10.7. The molecule has 2 nitrogen and oxygen atoms in total. The van der Waals surface area contributed by atoms with Crippen LogP contribution in [0, 0.1) is 5.41 Å². The molecular formula is C16H16O2. The van der Waals surface area contributed by atoms with Crippen LogP contribution in [0.4, 0.5) is 0 Å². The molecule has 0 unspecified atom stereocenters. The zero-order chi connectivity index (χ0) is 12.5. The van der Waals surface area contributed by atoms with Crippen LogP contribution >= 0.6 is 0 Å². The van der Waals surface area contributed by atoms with Crippen LogP contribution in [-0.2, 0) is 6.42 Å². The van der Waals surface area contributed by atoms with Crippen LogP contribution in [-0.4, -0.2) is 12.2 Å². The molecule has 18 heavy (non-hydrogen) atoms. The number of phenols is 1. The number of methoxy groups -OCH3 is 1. The van der Waals surface area contributed by atoms with Crippen molar-refractivity contribution in [3.05, 3.63) is 35.4 Å². The largest absolute Gasteiger partial charge is 0.507 e. The molecule has 2 heteroatoms. The van der Waals surface area contributed by atoms with Crippen molar-refractivity contribution in [2.45, 2.75) is 25.7 Å². The van der Waals surface area contributed by atoms with Gasteiger partial charge in [0.25, 0.3) is 0 Å². The Kier molecular flexibility index (Phi) is 1.71. The predicted octanol–water partition coefficient (Wildman–Crippen LogP) is 3.60. The molecule has 2 aromatic carbocycles. The molecule has 0 saturated heterocycles. The topological polar surface area (TPSA) is 29.5 Å². The third kappa shape index (κ3) is 1.13. The first-order valence-electron chi connectivity index (χ1n) is 6.45. The molecule has 1 N–H and O–H groups in total. The van der Waals surface area contributed by atoms with Gasteiger partial charge in [-0.3, -0.25) is 0 Å². The number of rotatable bonds is 1. The second-order valence-corrected chi connectivity index (χ2v) is 5.97. The summed E-state index contributed by atoms with van der Waals surface area (Å²) >= 11 is 0. The Balaban J connectivity index is 2.00. The molecule has 2 aromatic rings. The fourth-order valence-electron chi connectivity index (χ4n) is 3.55. The van der Waals surface area contributed by atoms with E-state index in [1.165, 1.54) is 17.5 Å². The molecule has 2 atom stereocenters. The van der Waals surface area contributed by atoms with Gasteiger partial charge in [-0.05, 0) is 58.9 Å². The molecule has 0 amide bonds. The maximum atomic E-state index is 10.4. The first kappa shape index (κ1) is 10.2. The number of hydrogen-bond acceptors (Lipinski definition) is 2. The lowest BCUT2D eigenvalue weighted by Gasteiger charge is -2.11. The first-order chi connectivity index (χ1) is 8.62. The third-order valence-electron chi connectivity index (χ3n) is 4.77. The van der Waals surface area contributed by atoms with E-state index in [4.69, 9.17) is 4.74 Å². The van der Waals surface area contributed by atoms with Crippen molar-refractivity contribution in [3.63, 3.8) is 0 Å². The molecule has 0 spiro atoms. The summed E-state index contributed by atoms with van der Waals surface area (Å²) in [6.07, 6.45) is 2.30. The zero-order valence-corrected chi connectivity index (χ0v) is 10.7. The van der Waals surface area contributed by atoms with Crippen molar-refractivity contribution >= 4 is 10.8 Å². The van der Waals surface area contributed by atoms with Crippen LogP contribution in [0.25, 0.3) is 10.8 Å². The van der Waals surface area contributed by atoms with Gasteiger partial charge in [0.05, 0.1) is 7.11 Å². The van der Waals surface area contributed by atoms with Gasteiger partial charge in [-0.1, -0.05) is 13.0 Å². The van der Waals surface area contributed by atoms with Crippen LogP contribution in [0.5, 0.6) is 11.5 Å². The summed E-state index contributed by atoms with van der Waals surface area (Å²) in [6.45, 7) is 2.32. The van der Waals surface area contributed by atoms with Gasteiger partial charge >= 0.3 is 0 Å². The van der Waals surface area contributed by atoms with Gasteiger partial charge in [-0.25, -0.2) is 0 Å². The summed E-state index contributed by atoms with van der Waals surface area (Å²) in [5.41, 5.74) is 2.95. The molecule has 0 bridgehead atoms. The van der Waals surface area contributed by atoms with E-state index >= 15 is 0 Å². The van der Waals surface area contributed by atoms with Crippen LogP contribution in [0.2, 0.25) is 0 Å². The minimum Gasteiger partial charge on any atom is -0.507 e. The maximum Gasteiger partial charge on any atom is 0.126 e. The molecule has 92 valence electrons. The molecule has 0 radical (unpaired) electrons. The smallest absolute Gasteiger partial charge is 0.126 e. The van der Waals surface area contributed by atoms with Crippen molar-refractivity contribution in [3.8, 4) is 11.5 Å². The molecule has 0 heterocycles. The van der Waals surface area contributed by atoms with Crippen LogP contribution in [0.1, 0.15) is 30.4 Å². The first-order valence-corrected chi connectivity index (χ1v) is 6.45. The summed E-state index contributed by atoms with van der Waals surface area (Å²) in [6, 6.07) is 8.12. The minimum absolute atomic E-state index is 0.418. The summed E-state index contributed by atoms with van der Waals surface area (Å²) in [4.78, 5) is 0. The van der Waals surface area contributed by atoms with Gasteiger partial charge in [-0.2, -0.15) is 0 Å². The molecular weight excluding hydrogens is 224 g/mol. The number of ether oxygens (including phenoxy) is 1. The number of benzene rings is 2. The number of fused-ring (bicyclic) bond motifs is 4. The quantitative estimate of drug-likeness (QED) is 0.825. The lowest BCUT2D eigenvalue weighted by molar-refractivity contribution is 0.415. The van der Waals surface area contributed by atoms with E-state index < -0.39 is 0 Å². The number of hydrogen-bond donors (Lipinski definition) is 1. The van der Waals surface area contributed by atoms with E-state index in [1.54, 1.807) is 7.11 Å². The van der Waals surface area contributed by atoms with Gasteiger partial charge in [0.1, 0.15) is 11.5 Å². The highest BCUT2D eigenvalue weighted by Crippen LogP contribution is 2.68. The Morgan fingerprint density at radius 1 is 1.33 bits per heavy atom. The van der Waals surface area contributed by atoms with E-state index in [1.807, 2.05) is 18.2 Å². The van der Waals surface area contributed by atoms with Crippen molar-refractivity contribution in [1.29, 1.82) is 0 Å². The van der Waals surface area contributed by atoms with E-state index in [2.05, 4.69) is 13.0 Å². The highest BCUT2D eigenvalue weighted by atomic mass is 16.5. The van der Waals surface area contributed by atoms with Gasteiger partial charge in [0.2, 0.25) is 0 Å². The monoisotopic (exact) mass is 240 g/mol. The molecule has 1 saturated carbocycles. The molecule has 4 rings (SSSR count). The van der Waals surface area contributed by atoms with E-state index in [0.717, 1.165) is 22.9 Å². The van der Waals surface area contributed by atoms with Crippen LogP contribution in [0.3, 0.4) is 0 Å². The van der Waals surface area contributed by atoms with Crippen molar-refractivity contribution in [2.75, 3.05) is 7.11 Å². The van der Waals surface area contributed by atoms with Crippen molar-refractivity contribution < 1.29 is 9.84 Å². The molecule has 0 aromatic heterocycles. The Labute approximate surface area is 106 Å². The van der Waals surface area contributed by atoms with Crippen molar-refractivity contribution in [1.82, 2.24) is 0 Å². The fraction of sp³-hybridized carbons (Fsp3) is 0.375. The van der Waals surface area contributed by atoms with Crippen LogP contribution < -0.4 is 4.74 Å². The molecule has 2 aliphatic rings. The Morgan fingerprint density at radius 2 is 2.17 bits per heavy atom.